The molecule has 0 aliphatic carbocycles. The monoisotopic (exact) mass is 499 g/mol. The zero-order valence-electron chi connectivity index (χ0n) is 17.8. The van der Waals surface area contributed by atoms with Crippen molar-refractivity contribution in [3.8, 4) is 11.3 Å². The molecule has 0 bridgehead atoms. The third-order valence-electron chi connectivity index (χ3n) is 4.82. The number of imidazole rings is 1. The van der Waals surface area contributed by atoms with Crippen molar-refractivity contribution in [1.29, 1.82) is 0 Å². The Bertz CT molecular complexity index is 1550. The first-order valence-corrected chi connectivity index (χ1v) is 12.0. The van der Waals surface area contributed by atoms with E-state index in [1.54, 1.807) is 29.7 Å². The molecule has 2 amide bonds. The van der Waals surface area contributed by atoms with E-state index in [0.29, 0.717) is 32.5 Å². The number of nitro benzene ring substituents is 1. The Morgan fingerprint density at radius 2 is 1.85 bits per heavy atom. The fraction of sp³-hybridized carbons (Fsp3) is 0.0952. The summed E-state index contributed by atoms with van der Waals surface area (Å²) in [6.07, 6.45) is 1.71. The van der Waals surface area contributed by atoms with Crippen molar-refractivity contribution in [1.82, 2.24) is 14.1 Å². The van der Waals surface area contributed by atoms with E-state index in [2.05, 4.69) is 10.3 Å². The molecule has 2 aromatic heterocycles. The van der Waals surface area contributed by atoms with Gasteiger partial charge in [0.15, 0.2) is 4.96 Å². The van der Waals surface area contributed by atoms with E-state index in [1.165, 1.54) is 36.4 Å². The van der Waals surface area contributed by atoms with Crippen molar-refractivity contribution in [3.05, 3.63) is 75.4 Å². The number of nitrogens with zero attached hydrogens (tertiary/aromatic N) is 3. The molecule has 174 valence electrons. The standard InChI is InChI=1S/C21H17N5O6S2/c1-12-19(20(28)22-15-6-8-17(9-7-15)34(31,32)24-13(2)27)33-21-23-18(11-25(12)21)14-4-3-5-16(10-14)26(29)30/h3-11H,1-2H3,(H,22,28)(H,24,27). The molecule has 2 N–H and O–H groups in total. The number of rotatable bonds is 6. The molecule has 0 aliphatic heterocycles. The number of non-ortho nitro benzene ring substituents is 1. The molecule has 4 aromatic rings. The Morgan fingerprint density at radius 1 is 1.15 bits per heavy atom. The molecule has 0 radical (unpaired) electrons. The lowest BCUT2D eigenvalue weighted by Crippen LogP contribution is -2.28. The smallest absolute Gasteiger partial charge is 0.270 e. The van der Waals surface area contributed by atoms with Crippen LogP contribution >= 0.6 is 11.3 Å². The average molecular weight is 500 g/mol. The number of benzene rings is 2. The lowest BCUT2D eigenvalue weighted by atomic mass is 10.1. The molecule has 4 rings (SSSR count). The van der Waals surface area contributed by atoms with Gasteiger partial charge in [-0.2, -0.15) is 0 Å². The van der Waals surface area contributed by atoms with Gasteiger partial charge in [-0.15, -0.1) is 0 Å². The summed E-state index contributed by atoms with van der Waals surface area (Å²) >= 11 is 1.15. The second-order valence-corrected chi connectivity index (χ2v) is 9.90. The lowest BCUT2D eigenvalue weighted by molar-refractivity contribution is -0.384. The number of amides is 2. The van der Waals surface area contributed by atoms with Crippen LogP contribution in [0.2, 0.25) is 0 Å². The Labute approximate surface area is 197 Å². The van der Waals surface area contributed by atoms with Crippen LogP contribution in [-0.2, 0) is 14.8 Å². The van der Waals surface area contributed by atoms with Crippen LogP contribution < -0.4 is 10.0 Å². The zero-order valence-corrected chi connectivity index (χ0v) is 19.4. The van der Waals surface area contributed by atoms with Gasteiger partial charge >= 0.3 is 0 Å². The van der Waals surface area contributed by atoms with Crippen LogP contribution in [0.4, 0.5) is 11.4 Å². The van der Waals surface area contributed by atoms with Crippen LogP contribution in [0.3, 0.4) is 0 Å². The van der Waals surface area contributed by atoms with Gasteiger partial charge in [0.25, 0.3) is 21.6 Å². The molecule has 2 aromatic carbocycles. The van der Waals surface area contributed by atoms with Crippen molar-refractivity contribution in [3.63, 3.8) is 0 Å². The second-order valence-electron chi connectivity index (χ2n) is 7.24. The van der Waals surface area contributed by atoms with Crippen LogP contribution in [0.5, 0.6) is 0 Å². The van der Waals surface area contributed by atoms with Gasteiger partial charge < -0.3 is 5.32 Å². The summed E-state index contributed by atoms with van der Waals surface area (Å²) in [6.45, 7) is 2.85. The molecule has 34 heavy (non-hydrogen) atoms. The lowest BCUT2D eigenvalue weighted by Gasteiger charge is -2.07. The quantitative estimate of drug-likeness (QED) is 0.305. The maximum Gasteiger partial charge on any atom is 0.270 e. The van der Waals surface area contributed by atoms with Gasteiger partial charge in [-0.25, -0.2) is 18.1 Å². The van der Waals surface area contributed by atoms with Gasteiger partial charge in [0, 0.05) is 42.2 Å². The number of fused-ring (bicyclic) bond motifs is 1. The van der Waals surface area contributed by atoms with Crippen molar-refractivity contribution >= 4 is 49.5 Å². The molecule has 0 spiro atoms. The molecule has 0 saturated heterocycles. The SMILES string of the molecule is CC(=O)NS(=O)(=O)c1ccc(NC(=O)c2sc3nc(-c4cccc([N+](=O)[O-])c4)cn3c2C)cc1. The largest absolute Gasteiger partial charge is 0.321 e. The van der Waals surface area contributed by atoms with Gasteiger partial charge in [0.05, 0.1) is 15.5 Å². The summed E-state index contributed by atoms with van der Waals surface area (Å²) in [6, 6.07) is 11.5. The number of sulfonamides is 1. The summed E-state index contributed by atoms with van der Waals surface area (Å²) in [7, 11) is -3.97. The Kier molecular flexibility index (Phi) is 5.89. The molecule has 0 unspecified atom stereocenters. The number of carbonyl (C=O) groups excluding carboxylic acids is 2. The third-order valence-corrected chi connectivity index (χ3v) is 7.42. The van der Waals surface area contributed by atoms with Crippen LogP contribution in [0.1, 0.15) is 22.3 Å². The van der Waals surface area contributed by atoms with Crippen molar-refractivity contribution < 1.29 is 22.9 Å². The van der Waals surface area contributed by atoms with Crippen molar-refractivity contribution in [2.75, 3.05) is 5.32 Å². The molecule has 11 nitrogen and oxygen atoms in total. The van der Waals surface area contributed by atoms with E-state index in [9.17, 15) is 28.1 Å². The first kappa shape index (κ1) is 23.1. The average Bonchev–Trinajstić information content (AvgIpc) is 3.33. The highest BCUT2D eigenvalue weighted by molar-refractivity contribution is 7.90. The fourth-order valence-electron chi connectivity index (χ4n) is 3.23. The summed E-state index contributed by atoms with van der Waals surface area (Å²) < 4.78 is 27.7. The highest BCUT2D eigenvalue weighted by Gasteiger charge is 2.20. The van der Waals surface area contributed by atoms with E-state index in [0.717, 1.165) is 18.3 Å². The van der Waals surface area contributed by atoms with E-state index in [-0.39, 0.29) is 10.6 Å². The number of anilines is 1. The highest BCUT2D eigenvalue weighted by atomic mass is 32.2. The fourth-order valence-corrected chi connectivity index (χ4v) is 5.23. The van der Waals surface area contributed by atoms with E-state index in [1.807, 2.05) is 4.72 Å². The molecule has 13 heteroatoms. The summed E-state index contributed by atoms with van der Waals surface area (Å²) in [5.41, 5.74) is 2.09. The Hall–Kier alpha value is -4.10. The minimum absolute atomic E-state index is 0.0402. The number of hydrogen-bond acceptors (Lipinski definition) is 8. The molecule has 0 atom stereocenters. The second kappa shape index (κ2) is 8.68. The number of hydrogen-bond donors (Lipinski definition) is 2. The number of aryl methyl sites for hydroxylation is 1. The van der Waals surface area contributed by atoms with Crippen LogP contribution in [0, 0.1) is 17.0 Å². The number of nitrogens with one attached hydrogen (secondary N) is 2. The summed E-state index contributed by atoms with van der Waals surface area (Å²) in [5, 5.41) is 13.7. The van der Waals surface area contributed by atoms with E-state index >= 15 is 0 Å². The van der Waals surface area contributed by atoms with Crippen LogP contribution in [-0.4, -0.2) is 34.5 Å². The van der Waals surface area contributed by atoms with Crippen molar-refractivity contribution in [2.45, 2.75) is 18.7 Å². The first-order chi connectivity index (χ1) is 16.0. The molecular formula is C21H17N5O6S2. The minimum Gasteiger partial charge on any atom is -0.321 e. The maximum absolute atomic E-state index is 12.8. The van der Waals surface area contributed by atoms with Gasteiger partial charge in [-0.05, 0) is 31.2 Å². The Morgan fingerprint density at radius 3 is 2.47 bits per heavy atom. The molecule has 0 fully saturated rings. The number of nitro groups is 1. The molecular weight excluding hydrogens is 482 g/mol. The van der Waals surface area contributed by atoms with Gasteiger partial charge in [-0.3, -0.25) is 24.1 Å². The molecule has 0 aliphatic rings. The van der Waals surface area contributed by atoms with E-state index in [4.69, 9.17) is 0 Å². The van der Waals surface area contributed by atoms with Gasteiger partial charge in [-0.1, -0.05) is 23.5 Å². The predicted molar refractivity (Wildman–Crippen MR) is 125 cm³/mol. The van der Waals surface area contributed by atoms with Crippen molar-refractivity contribution in [2.24, 2.45) is 0 Å². The normalized spacial score (nSPS) is 11.4. The highest BCUT2D eigenvalue weighted by Crippen LogP contribution is 2.29. The Balaban J connectivity index is 1.55. The predicted octanol–water partition coefficient (Wildman–Crippen LogP) is 3.36. The number of aromatic nitrogens is 2. The topological polar surface area (TPSA) is 153 Å². The number of carbonyl (C=O) groups is 2. The summed E-state index contributed by atoms with van der Waals surface area (Å²) in [4.78, 5) is 39.7. The van der Waals surface area contributed by atoms with Crippen LogP contribution in [0.15, 0.2) is 59.6 Å². The molecule has 0 saturated carbocycles. The minimum atomic E-state index is -3.97. The molecule has 2 heterocycles. The van der Waals surface area contributed by atoms with Gasteiger partial charge in [0.1, 0.15) is 4.88 Å². The van der Waals surface area contributed by atoms with E-state index < -0.39 is 26.8 Å². The van der Waals surface area contributed by atoms with Crippen LogP contribution in [0.25, 0.3) is 16.2 Å². The summed E-state index contributed by atoms with van der Waals surface area (Å²) in [5.74, 6) is -1.11. The maximum atomic E-state index is 12.8. The number of thiazole rings is 1. The third kappa shape index (κ3) is 4.51. The zero-order chi connectivity index (χ0) is 24.6. The first-order valence-electron chi connectivity index (χ1n) is 9.73. The van der Waals surface area contributed by atoms with Gasteiger partial charge in [0.2, 0.25) is 5.91 Å².